The smallest absolute Gasteiger partial charge is 0.119 e. The van der Waals surface area contributed by atoms with Crippen molar-refractivity contribution in [1.82, 2.24) is 5.32 Å². The number of nitrogens with one attached hydrogen (secondary N) is 1. The summed E-state index contributed by atoms with van der Waals surface area (Å²) in [5, 5.41) is 14.0. The lowest BCUT2D eigenvalue weighted by Crippen LogP contribution is -2.49. The van der Waals surface area contributed by atoms with E-state index in [0.717, 1.165) is 15.7 Å². The molecule has 19 heavy (non-hydrogen) atoms. The zero-order valence-electron chi connectivity index (χ0n) is 10.7. The molecule has 2 fully saturated rings. The van der Waals surface area contributed by atoms with Crippen molar-refractivity contribution in [2.24, 2.45) is 5.92 Å². The lowest BCUT2D eigenvalue weighted by molar-refractivity contribution is 0.401. The Labute approximate surface area is 123 Å². The summed E-state index contributed by atoms with van der Waals surface area (Å²) in [5.74, 6) is 1.31. The Balaban J connectivity index is 1.71. The normalized spacial score (nSPS) is 21.7. The van der Waals surface area contributed by atoms with Crippen molar-refractivity contribution in [1.29, 1.82) is 5.26 Å². The van der Waals surface area contributed by atoms with Gasteiger partial charge in [-0.25, -0.2) is 0 Å². The highest BCUT2D eigenvalue weighted by Crippen LogP contribution is 2.44. The second kappa shape index (κ2) is 5.36. The minimum Gasteiger partial charge on any atom is -0.296 e. The van der Waals surface area contributed by atoms with Crippen LogP contribution in [0.25, 0.3) is 0 Å². The molecular formula is C15H17ClN2S. The van der Waals surface area contributed by atoms with Gasteiger partial charge in [-0.05, 0) is 43.7 Å². The first-order valence-corrected chi connectivity index (χ1v) is 8.16. The molecule has 0 radical (unpaired) electrons. The number of hydrogen-bond donors (Lipinski definition) is 1. The maximum atomic E-state index is 9.65. The number of hydrogen-bond acceptors (Lipinski definition) is 3. The van der Waals surface area contributed by atoms with Crippen LogP contribution in [0.3, 0.4) is 0 Å². The van der Waals surface area contributed by atoms with Crippen LogP contribution in [0.1, 0.15) is 25.7 Å². The highest BCUT2D eigenvalue weighted by molar-refractivity contribution is 7.99. The summed E-state index contributed by atoms with van der Waals surface area (Å²) in [6.07, 6.45) is 4.78. The average molecular weight is 293 g/mol. The van der Waals surface area contributed by atoms with Gasteiger partial charge in [-0.3, -0.25) is 5.32 Å². The first kappa shape index (κ1) is 13.3. The van der Waals surface area contributed by atoms with Crippen LogP contribution >= 0.6 is 23.4 Å². The monoisotopic (exact) mass is 292 g/mol. The Morgan fingerprint density at radius 3 is 2.63 bits per heavy atom. The van der Waals surface area contributed by atoms with Crippen molar-refractivity contribution in [3.05, 3.63) is 29.3 Å². The molecule has 4 heteroatoms. The standard InChI is InChI=1S/C15H17ClN2S/c16-13-3-1-2-4-14(13)19-10-15(9-17,11-5-6-11)18-12-7-8-12/h1-4,11-12,18H,5-8,10H2. The van der Waals surface area contributed by atoms with E-state index < -0.39 is 0 Å². The van der Waals surface area contributed by atoms with E-state index in [4.69, 9.17) is 11.6 Å². The molecule has 1 N–H and O–H groups in total. The molecule has 0 aliphatic heterocycles. The molecule has 1 aromatic carbocycles. The third-order valence-corrected chi connectivity index (χ3v) is 5.51. The molecule has 0 saturated heterocycles. The van der Waals surface area contributed by atoms with Gasteiger partial charge in [0.15, 0.2) is 0 Å². The van der Waals surface area contributed by atoms with Crippen molar-refractivity contribution >= 4 is 23.4 Å². The van der Waals surface area contributed by atoms with E-state index >= 15 is 0 Å². The van der Waals surface area contributed by atoms with Crippen LogP contribution < -0.4 is 5.32 Å². The Kier molecular flexibility index (Phi) is 3.75. The zero-order valence-corrected chi connectivity index (χ0v) is 12.3. The molecule has 2 aliphatic carbocycles. The van der Waals surface area contributed by atoms with Crippen LogP contribution in [0.15, 0.2) is 29.2 Å². The third kappa shape index (κ3) is 3.08. The number of halogens is 1. The predicted molar refractivity (Wildman–Crippen MR) is 79.4 cm³/mol. The molecule has 0 aromatic heterocycles. The molecule has 0 amide bonds. The first-order chi connectivity index (χ1) is 9.23. The molecule has 100 valence electrons. The van der Waals surface area contributed by atoms with Gasteiger partial charge in [0.1, 0.15) is 5.54 Å². The Morgan fingerprint density at radius 1 is 1.32 bits per heavy atom. The van der Waals surface area contributed by atoms with Gasteiger partial charge >= 0.3 is 0 Å². The fourth-order valence-corrected chi connectivity index (χ4v) is 3.80. The van der Waals surface area contributed by atoms with Crippen LogP contribution in [0.4, 0.5) is 0 Å². The molecule has 1 atom stereocenters. The fourth-order valence-electron chi connectivity index (χ4n) is 2.35. The van der Waals surface area contributed by atoms with Gasteiger partial charge in [0.2, 0.25) is 0 Å². The number of rotatable bonds is 6. The van der Waals surface area contributed by atoms with E-state index in [1.807, 2.05) is 24.3 Å². The van der Waals surface area contributed by atoms with Crippen LogP contribution in [-0.2, 0) is 0 Å². The van der Waals surface area contributed by atoms with E-state index in [9.17, 15) is 5.26 Å². The van der Waals surface area contributed by atoms with Gasteiger partial charge < -0.3 is 0 Å². The van der Waals surface area contributed by atoms with Crippen LogP contribution in [0, 0.1) is 17.2 Å². The van der Waals surface area contributed by atoms with E-state index in [1.54, 1.807) is 11.8 Å². The van der Waals surface area contributed by atoms with Crippen LogP contribution in [-0.4, -0.2) is 17.3 Å². The quantitative estimate of drug-likeness (QED) is 0.809. The summed E-state index contributed by atoms with van der Waals surface area (Å²) in [6.45, 7) is 0. The molecule has 2 aliphatic rings. The summed E-state index contributed by atoms with van der Waals surface area (Å²) < 4.78 is 0. The fraction of sp³-hybridized carbons (Fsp3) is 0.533. The average Bonchev–Trinajstić information content (AvgIpc) is 3.28. The van der Waals surface area contributed by atoms with Gasteiger partial charge in [-0.15, -0.1) is 11.8 Å². The van der Waals surface area contributed by atoms with E-state index in [0.29, 0.717) is 12.0 Å². The van der Waals surface area contributed by atoms with Crippen LogP contribution in [0.2, 0.25) is 5.02 Å². The minimum absolute atomic E-state index is 0.356. The van der Waals surface area contributed by atoms with Crippen molar-refractivity contribution in [3.8, 4) is 6.07 Å². The summed E-state index contributed by atoms with van der Waals surface area (Å²) >= 11 is 7.89. The molecule has 0 bridgehead atoms. The molecular weight excluding hydrogens is 276 g/mol. The highest BCUT2D eigenvalue weighted by atomic mass is 35.5. The topological polar surface area (TPSA) is 35.8 Å². The number of benzene rings is 1. The predicted octanol–water partition coefficient (Wildman–Crippen LogP) is 3.86. The summed E-state index contributed by atoms with van der Waals surface area (Å²) in [4.78, 5) is 1.07. The molecule has 1 aromatic rings. The van der Waals surface area contributed by atoms with Gasteiger partial charge in [0.25, 0.3) is 0 Å². The van der Waals surface area contributed by atoms with Crippen LogP contribution in [0.5, 0.6) is 0 Å². The molecule has 1 unspecified atom stereocenters. The maximum absolute atomic E-state index is 9.65. The van der Waals surface area contributed by atoms with Gasteiger partial charge in [-0.1, -0.05) is 23.7 Å². The first-order valence-electron chi connectivity index (χ1n) is 6.80. The summed E-state index contributed by atoms with van der Waals surface area (Å²) in [7, 11) is 0. The zero-order chi connectivity index (χ0) is 13.3. The van der Waals surface area contributed by atoms with Crippen molar-refractivity contribution in [2.75, 3.05) is 5.75 Å². The Hall–Kier alpha value is -0.690. The Morgan fingerprint density at radius 2 is 2.05 bits per heavy atom. The lowest BCUT2D eigenvalue weighted by atomic mass is 9.97. The number of thioether (sulfide) groups is 1. The van der Waals surface area contributed by atoms with Crippen molar-refractivity contribution in [3.63, 3.8) is 0 Å². The van der Waals surface area contributed by atoms with E-state index in [-0.39, 0.29) is 5.54 Å². The van der Waals surface area contributed by atoms with Gasteiger partial charge in [0.05, 0.1) is 11.1 Å². The summed E-state index contributed by atoms with van der Waals surface area (Å²) in [6, 6.07) is 11.0. The number of nitriles is 1. The van der Waals surface area contributed by atoms with E-state index in [1.165, 1.54) is 25.7 Å². The molecule has 3 rings (SSSR count). The highest BCUT2D eigenvalue weighted by Gasteiger charge is 2.48. The van der Waals surface area contributed by atoms with Gasteiger partial charge in [0, 0.05) is 16.7 Å². The number of nitrogens with zero attached hydrogens (tertiary/aromatic N) is 1. The largest absolute Gasteiger partial charge is 0.296 e. The van der Waals surface area contributed by atoms with Crippen molar-refractivity contribution in [2.45, 2.75) is 42.2 Å². The second-order valence-corrected chi connectivity index (χ2v) is 6.92. The molecule has 2 saturated carbocycles. The Bertz CT molecular complexity index is 505. The minimum atomic E-state index is -0.356. The van der Waals surface area contributed by atoms with Gasteiger partial charge in [-0.2, -0.15) is 5.26 Å². The summed E-state index contributed by atoms with van der Waals surface area (Å²) in [5.41, 5.74) is -0.356. The molecule has 0 heterocycles. The lowest BCUT2D eigenvalue weighted by Gasteiger charge is -2.28. The third-order valence-electron chi connectivity index (χ3n) is 3.80. The molecule has 0 spiro atoms. The van der Waals surface area contributed by atoms with E-state index in [2.05, 4.69) is 11.4 Å². The maximum Gasteiger partial charge on any atom is 0.119 e. The molecule has 2 nitrogen and oxygen atoms in total. The SMILES string of the molecule is N#CC(CSc1ccccc1Cl)(NC1CC1)C1CC1. The van der Waals surface area contributed by atoms with Crippen molar-refractivity contribution < 1.29 is 0 Å². The second-order valence-electron chi connectivity index (χ2n) is 5.50.